The minimum atomic E-state index is -0.152. The first-order valence-electron chi connectivity index (χ1n) is 6.53. The SMILES string of the molecule is COc1ccc(Cn2ncccc2=O)cc1C#CCCO. The molecule has 0 spiro atoms. The monoisotopic (exact) mass is 284 g/mol. The molecular formula is C16H16N2O3. The summed E-state index contributed by atoms with van der Waals surface area (Å²) < 4.78 is 6.64. The highest BCUT2D eigenvalue weighted by molar-refractivity contribution is 5.48. The van der Waals surface area contributed by atoms with E-state index in [-0.39, 0.29) is 12.2 Å². The van der Waals surface area contributed by atoms with Crippen LogP contribution in [0.5, 0.6) is 5.75 Å². The predicted molar refractivity (Wildman–Crippen MR) is 79.2 cm³/mol. The standard InChI is InChI=1S/C16H16N2O3/c1-21-15-8-7-13(11-14(15)5-2-3-10-19)12-18-16(20)6-4-9-17-18/h4,6-9,11,19H,3,10,12H2,1H3. The number of ether oxygens (including phenoxy) is 1. The van der Waals surface area contributed by atoms with Gasteiger partial charge in [-0.1, -0.05) is 17.9 Å². The Labute approximate surface area is 122 Å². The molecule has 0 amide bonds. The fraction of sp³-hybridized carbons (Fsp3) is 0.250. The van der Waals surface area contributed by atoms with Gasteiger partial charge in [-0.15, -0.1) is 0 Å². The van der Waals surface area contributed by atoms with E-state index in [9.17, 15) is 4.79 Å². The second kappa shape index (κ2) is 7.27. The number of aliphatic hydroxyl groups is 1. The minimum Gasteiger partial charge on any atom is -0.495 e. The second-order valence-corrected chi connectivity index (χ2v) is 4.33. The van der Waals surface area contributed by atoms with Gasteiger partial charge in [0, 0.05) is 18.7 Å². The van der Waals surface area contributed by atoms with Gasteiger partial charge in [-0.05, 0) is 23.8 Å². The van der Waals surface area contributed by atoms with Crippen LogP contribution in [0, 0.1) is 11.8 Å². The van der Waals surface area contributed by atoms with Crippen molar-refractivity contribution in [3.8, 4) is 17.6 Å². The van der Waals surface area contributed by atoms with Crippen molar-refractivity contribution in [3.63, 3.8) is 0 Å². The molecule has 0 unspecified atom stereocenters. The Kier molecular flexibility index (Phi) is 5.13. The third kappa shape index (κ3) is 3.94. The summed E-state index contributed by atoms with van der Waals surface area (Å²) in [6.45, 7) is 0.399. The molecule has 21 heavy (non-hydrogen) atoms. The molecule has 0 fully saturated rings. The first-order chi connectivity index (χ1) is 10.2. The van der Waals surface area contributed by atoms with E-state index in [2.05, 4.69) is 16.9 Å². The summed E-state index contributed by atoms with van der Waals surface area (Å²) in [6, 6.07) is 8.63. The molecule has 0 atom stereocenters. The Morgan fingerprint density at radius 3 is 2.95 bits per heavy atom. The molecule has 0 saturated heterocycles. The van der Waals surface area contributed by atoms with Crippen LogP contribution in [0.2, 0.25) is 0 Å². The summed E-state index contributed by atoms with van der Waals surface area (Å²) in [4.78, 5) is 11.7. The van der Waals surface area contributed by atoms with E-state index in [1.165, 1.54) is 10.7 Å². The molecule has 0 aliphatic carbocycles. The van der Waals surface area contributed by atoms with Crippen LogP contribution in [0.3, 0.4) is 0 Å². The fourth-order valence-corrected chi connectivity index (χ4v) is 1.84. The zero-order valence-electron chi connectivity index (χ0n) is 11.7. The molecule has 0 bridgehead atoms. The molecular weight excluding hydrogens is 268 g/mol. The predicted octanol–water partition coefficient (Wildman–Crippen LogP) is 1.03. The number of hydrogen-bond donors (Lipinski definition) is 1. The number of benzene rings is 1. The van der Waals surface area contributed by atoms with Crippen molar-refractivity contribution < 1.29 is 9.84 Å². The van der Waals surface area contributed by atoms with E-state index in [1.807, 2.05) is 18.2 Å². The van der Waals surface area contributed by atoms with Crippen molar-refractivity contribution in [1.82, 2.24) is 9.78 Å². The van der Waals surface area contributed by atoms with E-state index in [0.717, 1.165) is 11.1 Å². The summed E-state index contributed by atoms with van der Waals surface area (Å²) in [6.07, 6.45) is 1.99. The van der Waals surface area contributed by atoms with E-state index in [1.54, 1.807) is 19.4 Å². The van der Waals surface area contributed by atoms with Crippen molar-refractivity contribution in [2.45, 2.75) is 13.0 Å². The van der Waals surface area contributed by atoms with E-state index >= 15 is 0 Å². The maximum atomic E-state index is 11.7. The number of methoxy groups -OCH3 is 1. The van der Waals surface area contributed by atoms with Gasteiger partial charge in [0.1, 0.15) is 5.75 Å². The zero-order valence-corrected chi connectivity index (χ0v) is 11.7. The topological polar surface area (TPSA) is 64.4 Å². The normalized spacial score (nSPS) is 9.81. The van der Waals surface area contributed by atoms with Gasteiger partial charge >= 0.3 is 0 Å². The van der Waals surface area contributed by atoms with Gasteiger partial charge in [0.05, 0.1) is 25.8 Å². The highest BCUT2D eigenvalue weighted by atomic mass is 16.5. The third-order valence-electron chi connectivity index (χ3n) is 2.84. The molecule has 0 saturated carbocycles. The number of aromatic nitrogens is 2. The minimum absolute atomic E-state index is 0.0261. The lowest BCUT2D eigenvalue weighted by atomic mass is 10.1. The Bertz CT molecular complexity index is 726. The molecule has 2 aromatic rings. The number of hydrogen-bond acceptors (Lipinski definition) is 4. The zero-order chi connectivity index (χ0) is 15.1. The van der Waals surface area contributed by atoms with E-state index in [0.29, 0.717) is 18.7 Å². The van der Waals surface area contributed by atoms with Crippen LogP contribution >= 0.6 is 0 Å². The Morgan fingerprint density at radius 2 is 2.24 bits per heavy atom. The maximum Gasteiger partial charge on any atom is 0.267 e. The highest BCUT2D eigenvalue weighted by Crippen LogP contribution is 2.19. The van der Waals surface area contributed by atoms with Crippen LogP contribution in [-0.4, -0.2) is 28.6 Å². The van der Waals surface area contributed by atoms with Crippen LogP contribution in [0.1, 0.15) is 17.5 Å². The van der Waals surface area contributed by atoms with Crippen molar-refractivity contribution in [2.75, 3.05) is 13.7 Å². The average Bonchev–Trinajstić information content (AvgIpc) is 2.50. The Hall–Kier alpha value is -2.58. The van der Waals surface area contributed by atoms with E-state index < -0.39 is 0 Å². The number of rotatable bonds is 4. The smallest absolute Gasteiger partial charge is 0.267 e. The molecule has 0 aliphatic rings. The summed E-state index contributed by atoms with van der Waals surface area (Å²) >= 11 is 0. The van der Waals surface area contributed by atoms with Crippen molar-refractivity contribution in [1.29, 1.82) is 0 Å². The third-order valence-corrected chi connectivity index (χ3v) is 2.84. The molecule has 108 valence electrons. The number of aliphatic hydroxyl groups excluding tert-OH is 1. The quantitative estimate of drug-likeness (QED) is 0.852. The Balaban J connectivity index is 2.30. The van der Waals surface area contributed by atoms with Crippen LogP contribution in [0.25, 0.3) is 0 Å². The summed E-state index contributed by atoms with van der Waals surface area (Å²) in [5.74, 6) is 6.49. The molecule has 1 heterocycles. The molecule has 5 heteroatoms. The first-order valence-corrected chi connectivity index (χ1v) is 6.53. The molecule has 2 rings (SSSR count). The van der Waals surface area contributed by atoms with Gasteiger partial charge in [0.2, 0.25) is 0 Å². The van der Waals surface area contributed by atoms with Crippen molar-refractivity contribution in [2.24, 2.45) is 0 Å². The molecule has 0 radical (unpaired) electrons. The molecule has 1 N–H and O–H groups in total. The van der Waals surface area contributed by atoms with Crippen LogP contribution in [0.4, 0.5) is 0 Å². The Morgan fingerprint density at radius 1 is 1.38 bits per heavy atom. The lowest BCUT2D eigenvalue weighted by molar-refractivity contribution is 0.305. The van der Waals surface area contributed by atoms with Crippen molar-refractivity contribution >= 4 is 0 Å². The highest BCUT2D eigenvalue weighted by Gasteiger charge is 2.04. The van der Waals surface area contributed by atoms with Crippen LogP contribution in [-0.2, 0) is 6.54 Å². The summed E-state index contributed by atoms with van der Waals surface area (Å²) in [7, 11) is 1.58. The molecule has 1 aromatic carbocycles. The summed E-state index contributed by atoms with van der Waals surface area (Å²) in [5, 5.41) is 12.8. The maximum absolute atomic E-state index is 11.7. The van der Waals surface area contributed by atoms with Gasteiger partial charge in [0.15, 0.2) is 0 Å². The second-order valence-electron chi connectivity index (χ2n) is 4.33. The van der Waals surface area contributed by atoms with Crippen molar-refractivity contribution in [3.05, 3.63) is 58.0 Å². The molecule has 0 aliphatic heterocycles. The lowest BCUT2D eigenvalue weighted by Gasteiger charge is -2.07. The average molecular weight is 284 g/mol. The molecule has 1 aromatic heterocycles. The first kappa shape index (κ1) is 14.8. The van der Waals surface area contributed by atoms with E-state index in [4.69, 9.17) is 9.84 Å². The van der Waals surface area contributed by atoms with Gasteiger partial charge < -0.3 is 9.84 Å². The fourth-order valence-electron chi connectivity index (χ4n) is 1.84. The summed E-state index contributed by atoms with van der Waals surface area (Å²) in [5.41, 5.74) is 1.48. The van der Waals surface area contributed by atoms with Gasteiger partial charge in [0.25, 0.3) is 5.56 Å². The lowest BCUT2D eigenvalue weighted by Crippen LogP contribution is -2.21. The van der Waals surface area contributed by atoms with Gasteiger partial charge in [-0.25, -0.2) is 4.68 Å². The number of nitrogens with zero attached hydrogens (tertiary/aromatic N) is 2. The van der Waals surface area contributed by atoms with Gasteiger partial charge in [-0.2, -0.15) is 5.10 Å². The van der Waals surface area contributed by atoms with Crippen LogP contribution < -0.4 is 10.3 Å². The van der Waals surface area contributed by atoms with Gasteiger partial charge in [-0.3, -0.25) is 4.79 Å². The largest absolute Gasteiger partial charge is 0.495 e. The molecule has 5 nitrogen and oxygen atoms in total. The van der Waals surface area contributed by atoms with Crippen LogP contribution in [0.15, 0.2) is 41.3 Å².